The van der Waals surface area contributed by atoms with Gasteiger partial charge in [-0.3, -0.25) is 4.79 Å². The van der Waals surface area contributed by atoms with Crippen LogP contribution in [-0.4, -0.2) is 11.7 Å². The molecule has 0 saturated carbocycles. The molecule has 0 atom stereocenters. The zero-order valence-corrected chi connectivity index (χ0v) is 10.9. The number of amides is 1. The number of benzene rings is 1. The average Bonchev–Trinajstić information content (AvgIpc) is 2.23. The van der Waals surface area contributed by atoms with Crippen molar-refractivity contribution in [1.29, 1.82) is 0 Å². The molecule has 0 aromatic heterocycles. The Kier molecular flexibility index (Phi) is 4.44. The molecule has 0 saturated heterocycles. The summed E-state index contributed by atoms with van der Waals surface area (Å²) in [6.45, 7) is 7.52. The molecule has 1 N–H and O–H groups in total. The van der Waals surface area contributed by atoms with E-state index >= 15 is 0 Å². The molecular weight excluding hydrogens is 214 g/mol. The summed E-state index contributed by atoms with van der Waals surface area (Å²) in [4.78, 5) is 22.4. The number of carbonyl (C=O) groups excluding carboxylic acids is 2. The molecule has 0 heterocycles. The summed E-state index contributed by atoms with van der Waals surface area (Å²) in [5, 5.41) is 2.84. The van der Waals surface area contributed by atoms with E-state index < -0.39 is 0 Å². The highest BCUT2D eigenvalue weighted by molar-refractivity contribution is 5.93. The second-order valence-corrected chi connectivity index (χ2v) is 4.50. The molecule has 0 fully saturated rings. The highest BCUT2D eigenvalue weighted by atomic mass is 16.2. The maximum Gasteiger partial charge on any atom is 0.224 e. The molecule has 0 aliphatic heterocycles. The highest BCUT2D eigenvalue weighted by Crippen LogP contribution is 2.20. The first-order chi connectivity index (χ1) is 7.90. The Morgan fingerprint density at radius 2 is 1.59 bits per heavy atom. The van der Waals surface area contributed by atoms with Crippen LogP contribution < -0.4 is 5.32 Å². The molecule has 17 heavy (non-hydrogen) atoms. The van der Waals surface area contributed by atoms with Gasteiger partial charge in [0.1, 0.15) is 5.78 Å². The molecule has 0 spiro atoms. The summed E-state index contributed by atoms with van der Waals surface area (Å²) >= 11 is 0. The van der Waals surface area contributed by atoms with Crippen molar-refractivity contribution >= 4 is 17.4 Å². The number of hydrogen-bond donors (Lipinski definition) is 1. The summed E-state index contributed by atoms with van der Waals surface area (Å²) in [5.74, 6) is -0.0662. The lowest BCUT2D eigenvalue weighted by Crippen LogP contribution is -2.13. The number of ketones is 1. The van der Waals surface area contributed by atoms with E-state index in [2.05, 4.69) is 11.4 Å². The van der Waals surface area contributed by atoms with E-state index in [-0.39, 0.29) is 18.1 Å². The first-order valence-electron chi connectivity index (χ1n) is 5.77. The van der Waals surface area contributed by atoms with Gasteiger partial charge in [-0.2, -0.15) is 0 Å². The van der Waals surface area contributed by atoms with Gasteiger partial charge in [-0.1, -0.05) is 6.07 Å². The van der Waals surface area contributed by atoms with Gasteiger partial charge in [0, 0.05) is 18.5 Å². The molecule has 1 rings (SSSR count). The molecule has 3 nitrogen and oxygen atoms in total. The number of aryl methyl sites for hydroxylation is 3. The summed E-state index contributed by atoms with van der Waals surface area (Å²) < 4.78 is 0. The summed E-state index contributed by atoms with van der Waals surface area (Å²) in [5.41, 5.74) is 4.24. The molecule has 0 aliphatic carbocycles. The van der Waals surface area contributed by atoms with Crippen LogP contribution in [0.25, 0.3) is 0 Å². The van der Waals surface area contributed by atoms with Crippen LogP contribution in [0.4, 0.5) is 5.69 Å². The first-order valence-corrected chi connectivity index (χ1v) is 5.77. The summed E-state index contributed by atoms with van der Waals surface area (Å²) in [6, 6.07) is 4.02. The number of anilines is 1. The van der Waals surface area contributed by atoms with Crippen molar-refractivity contribution in [3.8, 4) is 0 Å². The van der Waals surface area contributed by atoms with Gasteiger partial charge in [-0.25, -0.2) is 0 Å². The van der Waals surface area contributed by atoms with Crippen molar-refractivity contribution in [2.45, 2.75) is 40.5 Å². The molecule has 1 amide bonds. The molecule has 1 aromatic carbocycles. The van der Waals surface area contributed by atoms with E-state index in [9.17, 15) is 9.59 Å². The minimum atomic E-state index is -0.105. The Labute approximate surface area is 102 Å². The lowest BCUT2D eigenvalue weighted by atomic mass is 10.0. The van der Waals surface area contributed by atoms with Crippen LogP contribution in [0.5, 0.6) is 0 Å². The Hall–Kier alpha value is -1.64. The second kappa shape index (κ2) is 5.62. The maximum atomic E-state index is 11.6. The van der Waals surface area contributed by atoms with Gasteiger partial charge in [0.05, 0.1) is 0 Å². The average molecular weight is 233 g/mol. The van der Waals surface area contributed by atoms with Crippen molar-refractivity contribution in [2.24, 2.45) is 0 Å². The third-order valence-electron chi connectivity index (χ3n) is 2.82. The molecule has 0 unspecified atom stereocenters. The molecule has 0 bridgehead atoms. The van der Waals surface area contributed by atoms with Crippen molar-refractivity contribution in [2.75, 3.05) is 5.32 Å². The molecular formula is C14H19NO2. The van der Waals surface area contributed by atoms with Crippen LogP contribution in [-0.2, 0) is 9.59 Å². The van der Waals surface area contributed by atoms with Crippen LogP contribution in [0.1, 0.15) is 36.5 Å². The summed E-state index contributed by atoms with van der Waals surface area (Å²) in [7, 11) is 0. The van der Waals surface area contributed by atoms with E-state index in [1.165, 1.54) is 12.5 Å². The van der Waals surface area contributed by atoms with Gasteiger partial charge in [0.25, 0.3) is 0 Å². The lowest BCUT2D eigenvalue weighted by Gasteiger charge is -2.11. The molecule has 1 aromatic rings. The molecule has 3 heteroatoms. The van der Waals surface area contributed by atoms with Crippen LogP contribution in [0.2, 0.25) is 0 Å². The fourth-order valence-electron chi connectivity index (χ4n) is 1.60. The zero-order chi connectivity index (χ0) is 13.0. The monoisotopic (exact) mass is 233 g/mol. The van der Waals surface area contributed by atoms with Gasteiger partial charge in [-0.15, -0.1) is 0 Å². The van der Waals surface area contributed by atoms with E-state index in [1.54, 1.807) is 0 Å². The maximum absolute atomic E-state index is 11.6. The minimum Gasteiger partial charge on any atom is -0.326 e. The molecule has 0 aliphatic rings. The van der Waals surface area contributed by atoms with Gasteiger partial charge in [0.2, 0.25) is 5.91 Å². The number of hydrogen-bond acceptors (Lipinski definition) is 2. The number of rotatable bonds is 4. The van der Waals surface area contributed by atoms with Gasteiger partial charge >= 0.3 is 0 Å². The second-order valence-electron chi connectivity index (χ2n) is 4.50. The minimum absolute atomic E-state index is 0.0389. The van der Waals surface area contributed by atoms with Crippen molar-refractivity contribution in [1.82, 2.24) is 0 Å². The van der Waals surface area contributed by atoms with Crippen LogP contribution in [0, 0.1) is 20.8 Å². The number of carbonyl (C=O) groups is 2. The summed E-state index contributed by atoms with van der Waals surface area (Å²) in [6.07, 6.45) is 0.553. The smallest absolute Gasteiger partial charge is 0.224 e. The predicted octanol–water partition coefficient (Wildman–Crippen LogP) is 2.92. The first kappa shape index (κ1) is 13.4. The fourth-order valence-corrected chi connectivity index (χ4v) is 1.60. The van der Waals surface area contributed by atoms with Crippen LogP contribution in [0.15, 0.2) is 12.1 Å². The lowest BCUT2D eigenvalue weighted by molar-refractivity contribution is -0.121. The number of nitrogens with one attached hydrogen (secondary N) is 1. The van der Waals surface area contributed by atoms with E-state index in [0.29, 0.717) is 6.42 Å². The third kappa shape index (κ3) is 4.02. The third-order valence-corrected chi connectivity index (χ3v) is 2.82. The van der Waals surface area contributed by atoms with Gasteiger partial charge < -0.3 is 10.1 Å². The van der Waals surface area contributed by atoms with Crippen molar-refractivity contribution in [3.05, 3.63) is 28.8 Å². The van der Waals surface area contributed by atoms with Gasteiger partial charge in [-0.05, 0) is 50.5 Å². The normalized spacial score (nSPS) is 10.1. The Morgan fingerprint density at radius 1 is 1.00 bits per heavy atom. The van der Waals surface area contributed by atoms with Crippen molar-refractivity contribution < 1.29 is 9.59 Å². The van der Waals surface area contributed by atoms with E-state index in [1.807, 2.05) is 26.8 Å². The largest absolute Gasteiger partial charge is 0.326 e. The Morgan fingerprint density at radius 3 is 2.18 bits per heavy atom. The van der Waals surface area contributed by atoms with Crippen LogP contribution >= 0.6 is 0 Å². The quantitative estimate of drug-likeness (QED) is 0.869. The topological polar surface area (TPSA) is 46.2 Å². The number of Topliss-reactive ketones (excluding diaryl/α,β-unsaturated/α-hetero) is 1. The Balaban J connectivity index is 2.71. The highest BCUT2D eigenvalue weighted by Gasteiger charge is 2.07. The van der Waals surface area contributed by atoms with E-state index in [4.69, 9.17) is 0 Å². The SMILES string of the molecule is CC(=O)CCC(=O)Nc1cc(C)c(C)cc1C. The molecule has 92 valence electrons. The molecule has 0 radical (unpaired) electrons. The van der Waals surface area contributed by atoms with Gasteiger partial charge in [0.15, 0.2) is 0 Å². The standard InChI is InChI=1S/C14H19NO2/c1-9-7-11(3)13(8-10(9)2)15-14(17)6-5-12(4)16/h7-8H,5-6H2,1-4H3,(H,15,17). The predicted molar refractivity (Wildman–Crippen MR) is 69.2 cm³/mol. The van der Waals surface area contributed by atoms with E-state index in [0.717, 1.165) is 16.8 Å². The zero-order valence-electron chi connectivity index (χ0n) is 10.9. The fraction of sp³-hybridized carbons (Fsp3) is 0.429. The Bertz CT molecular complexity index is 450. The van der Waals surface area contributed by atoms with Crippen LogP contribution in [0.3, 0.4) is 0 Å². The van der Waals surface area contributed by atoms with Crippen molar-refractivity contribution in [3.63, 3.8) is 0 Å².